The van der Waals surface area contributed by atoms with Gasteiger partial charge in [-0.1, -0.05) is 0 Å². The molecule has 1 aliphatic heterocycles. The van der Waals surface area contributed by atoms with Crippen LogP contribution in [0.25, 0.3) is 0 Å². The van der Waals surface area contributed by atoms with Crippen LogP contribution in [0.2, 0.25) is 0 Å². The van der Waals surface area contributed by atoms with Crippen LogP contribution in [0.5, 0.6) is 0 Å². The summed E-state index contributed by atoms with van der Waals surface area (Å²) < 4.78 is 28.1. The third-order valence-corrected chi connectivity index (χ3v) is 5.39. The number of carbonyl (C=O) groups excluding carboxylic acids is 5. The Morgan fingerprint density at radius 2 is 1.88 bits per heavy atom. The number of aliphatic hydroxyl groups is 1. The molecule has 6 atom stereocenters. The molecule has 13 nitrogen and oxygen atoms in total. The average molecular weight is 481 g/mol. The highest BCUT2D eigenvalue weighted by Crippen LogP contribution is 2.55. The van der Waals surface area contributed by atoms with Gasteiger partial charge in [0.25, 0.3) is 5.91 Å². The zero-order valence-electron chi connectivity index (χ0n) is 18.7. The van der Waals surface area contributed by atoms with E-state index in [0.29, 0.717) is 0 Å². The van der Waals surface area contributed by atoms with E-state index in [1.165, 1.54) is 29.1 Å². The first-order valence-electron chi connectivity index (χ1n) is 10.3. The van der Waals surface area contributed by atoms with Crippen molar-refractivity contribution < 1.29 is 57.3 Å². The van der Waals surface area contributed by atoms with Gasteiger partial charge < -0.3 is 34.5 Å². The molecule has 0 bridgehead atoms. The van der Waals surface area contributed by atoms with Gasteiger partial charge in [-0.3, -0.25) is 19.2 Å². The summed E-state index contributed by atoms with van der Waals surface area (Å²) in [7, 11) is 1.06. The maximum atomic E-state index is 12.2. The number of carbonyl (C=O) groups is 5. The summed E-state index contributed by atoms with van der Waals surface area (Å²) in [5.74, 6) is -4.00. The van der Waals surface area contributed by atoms with Crippen molar-refractivity contribution in [1.29, 1.82) is 0 Å². The van der Waals surface area contributed by atoms with E-state index in [2.05, 4.69) is 4.74 Å². The van der Waals surface area contributed by atoms with Crippen LogP contribution in [0.3, 0.4) is 0 Å². The Kier molecular flexibility index (Phi) is 7.17. The number of rotatable bonds is 8. The predicted molar refractivity (Wildman–Crippen MR) is 106 cm³/mol. The number of aromatic nitrogens is 1. The zero-order valence-corrected chi connectivity index (χ0v) is 18.7. The van der Waals surface area contributed by atoms with Gasteiger partial charge in [0.1, 0.15) is 11.7 Å². The Labute approximate surface area is 193 Å². The van der Waals surface area contributed by atoms with Gasteiger partial charge in [-0.25, -0.2) is 4.79 Å². The Bertz CT molecular complexity index is 1010. The molecular formula is C21H25N2O11+. The van der Waals surface area contributed by atoms with E-state index in [4.69, 9.17) is 24.7 Å². The molecule has 2 aliphatic rings. The van der Waals surface area contributed by atoms with Gasteiger partial charge in [0, 0.05) is 26.3 Å². The lowest BCUT2D eigenvalue weighted by molar-refractivity contribution is -0.766. The molecule has 34 heavy (non-hydrogen) atoms. The Hall–Kier alpha value is -3.58. The molecule has 1 aromatic rings. The van der Waals surface area contributed by atoms with Gasteiger partial charge in [-0.05, 0) is 6.07 Å². The molecule has 1 spiro atoms. The number of hydrogen-bond acceptors (Lipinski definition) is 11. The Morgan fingerprint density at radius 1 is 1.21 bits per heavy atom. The molecule has 1 aliphatic carbocycles. The second kappa shape index (κ2) is 9.73. The minimum atomic E-state index is -1.71. The Morgan fingerprint density at radius 3 is 2.47 bits per heavy atom. The first-order chi connectivity index (χ1) is 16.0. The third kappa shape index (κ3) is 5.15. The predicted octanol–water partition coefficient (Wildman–Crippen LogP) is -1.56. The van der Waals surface area contributed by atoms with Crippen molar-refractivity contribution in [2.75, 3.05) is 7.11 Å². The Balaban J connectivity index is 1.88. The van der Waals surface area contributed by atoms with Crippen LogP contribution in [0.4, 0.5) is 0 Å². The van der Waals surface area contributed by atoms with Gasteiger partial charge in [-0.15, -0.1) is 0 Å². The molecule has 13 heteroatoms. The highest BCUT2D eigenvalue weighted by molar-refractivity contribution is 5.92. The smallest absolute Gasteiger partial charge is 0.335 e. The molecule has 0 aromatic carbocycles. The summed E-state index contributed by atoms with van der Waals surface area (Å²) in [6.07, 6.45) is -3.69. The van der Waals surface area contributed by atoms with E-state index in [0.717, 1.165) is 21.0 Å². The molecule has 1 saturated carbocycles. The highest BCUT2D eigenvalue weighted by atomic mass is 16.7. The van der Waals surface area contributed by atoms with Crippen molar-refractivity contribution in [2.24, 2.45) is 5.73 Å². The molecular weight excluding hydrogens is 456 g/mol. The molecule has 0 radical (unpaired) electrons. The lowest BCUT2D eigenvalue weighted by Gasteiger charge is -2.22. The fourth-order valence-electron chi connectivity index (χ4n) is 3.85. The highest BCUT2D eigenvalue weighted by Gasteiger charge is 2.76. The van der Waals surface area contributed by atoms with Crippen LogP contribution in [0.15, 0.2) is 24.5 Å². The van der Waals surface area contributed by atoms with Crippen molar-refractivity contribution in [1.82, 2.24) is 0 Å². The number of nitrogens with zero attached hydrogens (tertiary/aromatic N) is 1. The third-order valence-electron chi connectivity index (χ3n) is 5.39. The normalized spacial score (nSPS) is 28.0. The van der Waals surface area contributed by atoms with Crippen LogP contribution >= 0.6 is 0 Å². The number of nitrogens with two attached hydrogens (primary N) is 1. The summed E-state index contributed by atoms with van der Waals surface area (Å²) in [6, 6.07) is 3.00. The number of esters is 4. The van der Waals surface area contributed by atoms with E-state index < -0.39 is 72.5 Å². The van der Waals surface area contributed by atoms with E-state index in [1.54, 1.807) is 0 Å². The maximum Gasteiger partial charge on any atom is 0.335 e. The maximum absolute atomic E-state index is 12.2. The van der Waals surface area contributed by atoms with Crippen molar-refractivity contribution in [3.8, 4) is 0 Å². The number of methoxy groups -OCH3 is 1. The summed E-state index contributed by atoms with van der Waals surface area (Å²) in [5.41, 5.74) is 4.13. The largest absolute Gasteiger partial charge is 0.467 e. The van der Waals surface area contributed by atoms with Gasteiger partial charge in [0.15, 0.2) is 30.2 Å². The summed E-state index contributed by atoms with van der Waals surface area (Å²) in [5, 5.41) is 9.68. The van der Waals surface area contributed by atoms with Crippen LogP contribution in [-0.4, -0.2) is 72.0 Å². The van der Waals surface area contributed by atoms with Crippen molar-refractivity contribution >= 4 is 29.8 Å². The SMILES string of the molecule is COC(=O)[C@@H](O)CC(=O)O[C@H]1CC12O[C@@H]([n+]1cccc(C(N)=O)c1)[C@H](OC(C)=O)[C@@H]2OC(C)=O. The first-order valence-corrected chi connectivity index (χ1v) is 10.3. The lowest BCUT2D eigenvalue weighted by atomic mass is 10.1. The van der Waals surface area contributed by atoms with Gasteiger partial charge >= 0.3 is 30.1 Å². The second-order valence-electron chi connectivity index (χ2n) is 7.90. The van der Waals surface area contributed by atoms with E-state index in [-0.39, 0.29) is 12.0 Å². The van der Waals surface area contributed by atoms with E-state index >= 15 is 0 Å². The van der Waals surface area contributed by atoms with E-state index in [1.807, 2.05) is 0 Å². The second-order valence-corrected chi connectivity index (χ2v) is 7.90. The van der Waals surface area contributed by atoms with Gasteiger partial charge in [0.2, 0.25) is 6.10 Å². The number of amides is 1. The molecule has 3 rings (SSSR count). The molecule has 3 N–H and O–H groups in total. The fourth-order valence-corrected chi connectivity index (χ4v) is 3.85. The molecule has 1 saturated heterocycles. The number of ether oxygens (including phenoxy) is 5. The number of pyridine rings is 1. The van der Waals surface area contributed by atoms with E-state index in [9.17, 15) is 29.1 Å². The van der Waals surface area contributed by atoms with Gasteiger partial charge in [-0.2, -0.15) is 4.57 Å². The molecule has 2 heterocycles. The zero-order chi connectivity index (χ0) is 25.2. The monoisotopic (exact) mass is 481 g/mol. The molecule has 1 amide bonds. The first kappa shape index (κ1) is 25.1. The summed E-state index contributed by atoms with van der Waals surface area (Å²) in [6.45, 7) is 2.32. The number of hydrogen-bond donors (Lipinski definition) is 2. The summed E-state index contributed by atoms with van der Waals surface area (Å²) in [4.78, 5) is 58.9. The molecule has 184 valence electrons. The van der Waals surface area contributed by atoms with Crippen molar-refractivity contribution in [2.45, 2.75) is 62.9 Å². The van der Waals surface area contributed by atoms with Crippen LogP contribution in [-0.2, 0) is 42.9 Å². The lowest BCUT2D eigenvalue weighted by Crippen LogP contribution is -2.48. The van der Waals surface area contributed by atoms with Crippen molar-refractivity contribution in [3.05, 3.63) is 30.1 Å². The van der Waals surface area contributed by atoms with Gasteiger partial charge in [0.05, 0.1) is 13.5 Å². The van der Waals surface area contributed by atoms with Crippen LogP contribution < -0.4 is 10.3 Å². The molecule has 2 fully saturated rings. The quantitative estimate of drug-likeness (QED) is 0.249. The average Bonchev–Trinajstić information content (AvgIpc) is 3.37. The fraction of sp³-hybridized carbons (Fsp3) is 0.524. The minimum Gasteiger partial charge on any atom is -0.467 e. The topological polar surface area (TPSA) is 182 Å². The summed E-state index contributed by atoms with van der Waals surface area (Å²) >= 11 is 0. The van der Waals surface area contributed by atoms with Crippen LogP contribution in [0, 0.1) is 0 Å². The molecule has 1 unspecified atom stereocenters. The standard InChI is InChI=1S/C21H24N2O11/c1-10(24)31-16-17(32-11(2)25)21(8-14(21)33-15(27)7-13(26)20(29)30-3)34-19(16)23-6-4-5-12(9-23)18(22)28/h4-6,9,13-14,16-17,19,26H,7-8H2,1-3H3,(H-,22,28)/p+1/t13-,14-,16+,17-,19+,21?/m0/s1. The number of aliphatic hydroxyl groups excluding tert-OH is 1. The minimum absolute atomic E-state index is 0.0787. The molecule has 1 aromatic heterocycles. The van der Waals surface area contributed by atoms with Crippen LogP contribution in [0.1, 0.15) is 43.3 Å². The number of primary amides is 1. The van der Waals surface area contributed by atoms with Crippen molar-refractivity contribution in [3.63, 3.8) is 0 Å².